The van der Waals surface area contributed by atoms with Crippen LogP contribution >= 0.6 is 0 Å². The van der Waals surface area contributed by atoms with E-state index in [9.17, 15) is 21.6 Å². The number of halogens is 3. The first-order chi connectivity index (χ1) is 12.6. The molecule has 0 fully saturated rings. The maximum absolute atomic E-state index is 12.6. The minimum Gasteiger partial charge on any atom is -0.493 e. The molecule has 2 aromatic rings. The highest BCUT2D eigenvalue weighted by Gasteiger charge is 2.30. The molecule has 27 heavy (non-hydrogen) atoms. The molecule has 0 unspecified atom stereocenters. The van der Waals surface area contributed by atoms with E-state index in [4.69, 9.17) is 14.2 Å². The molecular formula is C17H18F3NO5S. The number of nitrogens with one attached hydrogen (secondary N) is 1. The van der Waals surface area contributed by atoms with E-state index in [2.05, 4.69) is 4.72 Å². The molecular weight excluding hydrogens is 387 g/mol. The van der Waals surface area contributed by atoms with Gasteiger partial charge in [0.2, 0.25) is 15.8 Å². The summed E-state index contributed by atoms with van der Waals surface area (Å²) in [5, 5.41) is 0. The van der Waals surface area contributed by atoms with Gasteiger partial charge in [0.25, 0.3) is 0 Å². The maximum Gasteiger partial charge on any atom is 0.416 e. The van der Waals surface area contributed by atoms with Gasteiger partial charge in [-0.2, -0.15) is 13.2 Å². The summed E-state index contributed by atoms with van der Waals surface area (Å²) < 4.78 is 80.3. The molecule has 1 N–H and O–H groups in total. The van der Waals surface area contributed by atoms with E-state index in [0.29, 0.717) is 34.9 Å². The molecule has 0 aliphatic rings. The van der Waals surface area contributed by atoms with Gasteiger partial charge in [0.1, 0.15) is 0 Å². The van der Waals surface area contributed by atoms with E-state index in [1.54, 1.807) is 12.1 Å². The summed E-state index contributed by atoms with van der Waals surface area (Å²) in [6.07, 6.45) is -4.54. The van der Waals surface area contributed by atoms with Crippen molar-refractivity contribution in [3.63, 3.8) is 0 Å². The monoisotopic (exact) mass is 405 g/mol. The van der Waals surface area contributed by atoms with Gasteiger partial charge in [-0.25, -0.2) is 13.1 Å². The fraction of sp³-hybridized carbons (Fsp3) is 0.294. The van der Waals surface area contributed by atoms with Crippen LogP contribution in [0.5, 0.6) is 17.2 Å². The molecule has 6 nitrogen and oxygen atoms in total. The third-order valence-electron chi connectivity index (χ3n) is 3.68. The molecule has 0 amide bonds. The topological polar surface area (TPSA) is 73.9 Å². The van der Waals surface area contributed by atoms with Crippen LogP contribution in [0.1, 0.15) is 11.1 Å². The van der Waals surface area contributed by atoms with E-state index in [1.165, 1.54) is 21.3 Å². The highest BCUT2D eigenvalue weighted by atomic mass is 32.2. The van der Waals surface area contributed by atoms with Crippen LogP contribution in [0.2, 0.25) is 0 Å². The fourth-order valence-corrected chi connectivity index (χ4v) is 3.34. The smallest absolute Gasteiger partial charge is 0.416 e. The van der Waals surface area contributed by atoms with E-state index in [0.717, 1.165) is 12.1 Å². The Morgan fingerprint density at radius 2 is 1.44 bits per heavy atom. The molecule has 0 aliphatic heterocycles. The van der Waals surface area contributed by atoms with Crippen LogP contribution in [-0.2, 0) is 22.7 Å². The minimum absolute atomic E-state index is 0.125. The normalized spacial score (nSPS) is 11.9. The van der Waals surface area contributed by atoms with Crippen LogP contribution in [0.15, 0.2) is 41.3 Å². The number of sulfonamides is 1. The molecule has 0 heterocycles. The van der Waals surface area contributed by atoms with E-state index in [1.807, 2.05) is 0 Å². The summed E-state index contributed by atoms with van der Waals surface area (Å²) in [5.41, 5.74) is -0.411. The molecule has 2 aromatic carbocycles. The Kier molecular flexibility index (Phi) is 6.22. The molecule has 0 bridgehead atoms. The maximum atomic E-state index is 12.6. The first kappa shape index (κ1) is 20.8. The Balaban J connectivity index is 2.22. The second kappa shape index (κ2) is 8.05. The van der Waals surface area contributed by atoms with Crippen LogP contribution < -0.4 is 18.9 Å². The lowest BCUT2D eigenvalue weighted by Gasteiger charge is -2.14. The van der Waals surface area contributed by atoms with Gasteiger partial charge in [0.15, 0.2) is 11.5 Å². The van der Waals surface area contributed by atoms with Crippen molar-refractivity contribution >= 4 is 10.0 Å². The van der Waals surface area contributed by atoms with Gasteiger partial charge >= 0.3 is 6.18 Å². The number of hydrogen-bond acceptors (Lipinski definition) is 5. The van der Waals surface area contributed by atoms with Crippen molar-refractivity contribution in [3.8, 4) is 17.2 Å². The lowest BCUT2D eigenvalue weighted by atomic mass is 10.2. The zero-order valence-corrected chi connectivity index (χ0v) is 15.6. The molecule has 0 saturated carbocycles. The third-order valence-corrected chi connectivity index (χ3v) is 5.10. The van der Waals surface area contributed by atoms with Crippen molar-refractivity contribution in [2.75, 3.05) is 21.3 Å². The summed E-state index contributed by atoms with van der Waals surface area (Å²) in [7, 11) is 0.280. The average molecular weight is 405 g/mol. The fourth-order valence-electron chi connectivity index (χ4n) is 2.32. The second-order valence-corrected chi connectivity index (χ2v) is 7.15. The van der Waals surface area contributed by atoms with Crippen LogP contribution in [0.25, 0.3) is 0 Å². The summed E-state index contributed by atoms with van der Waals surface area (Å²) in [4.78, 5) is -0.275. The molecule has 0 aromatic heterocycles. The molecule has 0 radical (unpaired) electrons. The summed E-state index contributed by atoms with van der Waals surface area (Å²) >= 11 is 0. The molecule has 0 spiro atoms. The van der Waals surface area contributed by atoms with Crippen LogP contribution in [0.4, 0.5) is 13.2 Å². The lowest BCUT2D eigenvalue weighted by Crippen LogP contribution is -2.23. The predicted molar refractivity (Wildman–Crippen MR) is 91.6 cm³/mol. The van der Waals surface area contributed by atoms with E-state index >= 15 is 0 Å². The molecule has 0 aliphatic carbocycles. The SMILES string of the molecule is COc1cc(CNS(=O)(=O)c2ccc(C(F)(F)F)cc2)cc(OC)c1OC. The number of hydrogen-bond donors (Lipinski definition) is 1. The highest BCUT2D eigenvalue weighted by Crippen LogP contribution is 2.38. The Bertz CT molecular complexity index is 871. The van der Waals surface area contributed by atoms with Crippen LogP contribution in [0, 0.1) is 0 Å². The predicted octanol–water partition coefficient (Wildman–Crippen LogP) is 3.21. The van der Waals surface area contributed by atoms with Crippen molar-refractivity contribution in [2.24, 2.45) is 0 Å². The van der Waals surface area contributed by atoms with Gasteiger partial charge in [-0.3, -0.25) is 0 Å². The quantitative estimate of drug-likeness (QED) is 0.766. The van der Waals surface area contributed by atoms with Gasteiger partial charge < -0.3 is 14.2 Å². The van der Waals surface area contributed by atoms with Crippen molar-refractivity contribution < 1.29 is 35.8 Å². The van der Waals surface area contributed by atoms with Gasteiger partial charge in [0.05, 0.1) is 31.8 Å². The largest absolute Gasteiger partial charge is 0.493 e. The van der Waals surface area contributed by atoms with Crippen molar-refractivity contribution in [1.82, 2.24) is 4.72 Å². The third kappa shape index (κ3) is 4.83. The van der Waals surface area contributed by atoms with Crippen molar-refractivity contribution in [1.29, 1.82) is 0 Å². The Morgan fingerprint density at radius 1 is 0.926 bits per heavy atom. The summed E-state index contributed by atoms with van der Waals surface area (Å²) in [5.74, 6) is 1.05. The average Bonchev–Trinajstić information content (AvgIpc) is 2.64. The van der Waals surface area contributed by atoms with Gasteiger partial charge in [-0.05, 0) is 42.0 Å². The second-order valence-electron chi connectivity index (χ2n) is 5.38. The Labute approximate surface area is 154 Å². The molecule has 0 atom stereocenters. The van der Waals surface area contributed by atoms with E-state index in [-0.39, 0.29) is 11.4 Å². The van der Waals surface area contributed by atoms with Crippen LogP contribution in [-0.4, -0.2) is 29.7 Å². The summed E-state index contributed by atoms with van der Waals surface area (Å²) in [6.45, 7) is -0.125. The van der Waals surface area contributed by atoms with Gasteiger partial charge in [-0.1, -0.05) is 0 Å². The van der Waals surface area contributed by atoms with E-state index < -0.39 is 21.8 Å². The molecule has 2 rings (SSSR count). The zero-order valence-electron chi connectivity index (χ0n) is 14.8. The Morgan fingerprint density at radius 3 is 1.85 bits per heavy atom. The minimum atomic E-state index is -4.54. The van der Waals surface area contributed by atoms with Crippen molar-refractivity contribution in [2.45, 2.75) is 17.6 Å². The number of methoxy groups -OCH3 is 3. The number of alkyl halides is 3. The van der Waals surface area contributed by atoms with Crippen LogP contribution in [0.3, 0.4) is 0 Å². The number of ether oxygens (including phenoxy) is 3. The Hall–Kier alpha value is -2.46. The summed E-state index contributed by atoms with van der Waals surface area (Å²) in [6, 6.07) is 6.37. The van der Waals surface area contributed by atoms with Gasteiger partial charge in [0, 0.05) is 6.54 Å². The standard InChI is InChI=1S/C17H18F3NO5S/c1-24-14-8-11(9-15(25-2)16(14)26-3)10-21-27(22,23)13-6-4-12(5-7-13)17(18,19)20/h4-9,21H,10H2,1-3H3. The first-order valence-corrected chi connectivity index (χ1v) is 9.06. The lowest BCUT2D eigenvalue weighted by molar-refractivity contribution is -0.137. The highest BCUT2D eigenvalue weighted by molar-refractivity contribution is 7.89. The van der Waals surface area contributed by atoms with Gasteiger partial charge in [-0.15, -0.1) is 0 Å². The first-order valence-electron chi connectivity index (χ1n) is 7.58. The molecule has 10 heteroatoms. The number of rotatable bonds is 7. The van der Waals surface area contributed by atoms with Crippen molar-refractivity contribution in [3.05, 3.63) is 47.5 Å². The molecule has 0 saturated heterocycles. The zero-order chi connectivity index (χ0) is 20.2. The number of benzene rings is 2. The molecule has 148 valence electrons.